The van der Waals surface area contributed by atoms with Crippen molar-refractivity contribution < 1.29 is 59.7 Å². The second-order valence-electron chi connectivity index (χ2n) is 17.3. The maximum Gasteiger partial charge on any atom is 0.427 e. The number of rotatable bonds is 12. The summed E-state index contributed by atoms with van der Waals surface area (Å²) < 4.78 is 92.4. The number of Topliss-reactive ketones (excluding diaryl/α,β-unsaturated/α-hetero) is 1. The molecule has 17 heteroatoms. The van der Waals surface area contributed by atoms with Crippen molar-refractivity contribution in [1.29, 1.82) is 0 Å². The molecule has 2 aliphatic heterocycles. The number of esters is 1. The van der Waals surface area contributed by atoms with Crippen molar-refractivity contribution in [3.63, 3.8) is 0 Å². The van der Waals surface area contributed by atoms with E-state index in [0.29, 0.717) is 67.4 Å². The Bertz CT molecular complexity index is 2110. The molecule has 60 heavy (non-hydrogen) atoms. The van der Waals surface area contributed by atoms with Gasteiger partial charge in [0.1, 0.15) is 17.6 Å². The Labute approximate surface area is 349 Å². The van der Waals surface area contributed by atoms with Gasteiger partial charge in [-0.1, -0.05) is 32.4 Å². The van der Waals surface area contributed by atoms with Gasteiger partial charge in [-0.05, 0) is 95.2 Å². The lowest BCUT2D eigenvalue weighted by atomic mass is 9.79. The van der Waals surface area contributed by atoms with Crippen molar-refractivity contribution in [2.24, 2.45) is 29.1 Å². The lowest BCUT2D eigenvalue weighted by molar-refractivity contribution is -0.257. The van der Waals surface area contributed by atoms with Crippen LogP contribution in [0.1, 0.15) is 98.8 Å². The molecule has 4 aliphatic rings. The molecule has 2 saturated carbocycles. The highest BCUT2D eigenvalue weighted by molar-refractivity contribution is 7.90. The minimum absolute atomic E-state index is 0.0170. The molecule has 0 bridgehead atoms. The summed E-state index contributed by atoms with van der Waals surface area (Å²) in [5.41, 5.74) is -4.20. The highest BCUT2D eigenvalue weighted by Crippen LogP contribution is 2.57. The van der Waals surface area contributed by atoms with Gasteiger partial charge in [-0.2, -0.15) is 13.2 Å². The molecule has 0 radical (unpaired) electrons. The van der Waals surface area contributed by atoms with Crippen LogP contribution in [-0.4, -0.2) is 91.3 Å². The Morgan fingerprint density at radius 1 is 1.07 bits per heavy atom. The summed E-state index contributed by atoms with van der Waals surface area (Å²) in [4.78, 5) is 62.9. The third-order valence-corrected chi connectivity index (χ3v) is 14.4. The van der Waals surface area contributed by atoms with Crippen LogP contribution < -0.4 is 18.9 Å². The van der Waals surface area contributed by atoms with Crippen LogP contribution in [-0.2, 0) is 33.9 Å². The van der Waals surface area contributed by atoms with Crippen LogP contribution >= 0.6 is 0 Å². The third kappa shape index (κ3) is 9.70. The molecular formula is C43H56F3N3O10S. The van der Waals surface area contributed by atoms with E-state index in [1.54, 1.807) is 18.2 Å². The number of ether oxygens (including phenoxy) is 4. The zero-order valence-electron chi connectivity index (χ0n) is 35.0. The fourth-order valence-corrected chi connectivity index (χ4v) is 10.0. The molecule has 13 nitrogen and oxygen atoms in total. The van der Waals surface area contributed by atoms with E-state index in [4.69, 9.17) is 18.9 Å². The zero-order valence-corrected chi connectivity index (χ0v) is 35.8. The Hall–Kier alpha value is -4.41. The van der Waals surface area contributed by atoms with Crippen LogP contribution in [0.15, 0.2) is 36.5 Å². The molecule has 1 aromatic carbocycles. The molecule has 0 unspecified atom stereocenters. The van der Waals surface area contributed by atoms with Crippen molar-refractivity contribution in [3.05, 3.63) is 36.5 Å². The third-order valence-electron chi connectivity index (χ3n) is 12.5. The van der Waals surface area contributed by atoms with Crippen molar-refractivity contribution in [2.75, 3.05) is 20.3 Å². The summed E-state index contributed by atoms with van der Waals surface area (Å²) in [6.45, 7) is 7.38. The molecule has 2 aliphatic carbocycles. The van der Waals surface area contributed by atoms with E-state index < -0.39 is 92.4 Å². The first-order chi connectivity index (χ1) is 28.2. The van der Waals surface area contributed by atoms with E-state index in [0.717, 1.165) is 13.8 Å². The van der Waals surface area contributed by atoms with E-state index in [1.807, 2.05) is 32.9 Å². The molecule has 330 valence electrons. The van der Waals surface area contributed by atoms with Crippen LogP contribution in [0, 0.1) is 29.1 Å². The molecule has 2 amide bonds. The normalized spacial score (nSPS) is 28.4. The summed E-state index contributed by atoms with van der Waals surface area (Å²) in [5.74, 6) is -3.90. The number of nitrogens with zero attached hydrogens (tertiary/aromatic N) is 2. The molecule has 7 atom stereocenters. The predicted molar refractivity (Wildman–Crippen MR) is 215 cm³/mol. The van der Waals surface area contributed by atoms with Crippen molar-refractivity contribution in [3.8, 4) is 17.4 Å². The summed E-state index contributed by atoms with van der Waals surface area (Å²) in [6, 6.07) is 4.06. The number of methoxy groups -OCH3 is 1. The number of sulfonamides is 1. The molecule has 1 aromatic heterocycles. The summed E-state index contributed by atoms with van der Waals surface area (Å²) in [5, 5.41) is 0.538. The first kappa shape index (κ1) is 45.1. The van der Waals surface area contributed by atoms with E-state index in [1.165, 1.54) is 18.2 Å². The monoisotopic (exact) mass is 863 g/mol. The van der Waals surface area contributed by atoms with Gasteiger partial charge in [0, 0.05) is 23.6 Å². The lowest BCUT2D eigenvalue weighted by Crippen LogP contribution is -2.48. The number of ketones is 1. The van der Waals surface area contributed by atoms with Crippen LogP contribution in [0.3, 0.4) is 0 Å². The van der Waals surface area contributed by atoms with Crippen LogP contribution in [0.25, 0.3) is 10.8 Å². The molecule has 0 spiro atoms. The highest BCUT2D eigenvalue weighted by atomic mass is 32.2. The standard InChI is InChI=1S/C43H56F3N3O10S/c1-7-26-17-25(3)11-9-10-12-27-21-42(27,40(53)48-60(54,55)30-14-15-30)22-35(50)34-19-29(24-49(34)39(52)32(26)20-37(51)59-41(4,5)43(44,45)46)58-38-31-16-13-28(56-6)18-33(31)36(23-47-38)57-8-2/h10,12-13,16,18,23,25-27,29-30,32,34H,7-9,11,14-15,17,19-22,24H2,1-6H3,(H,48,53)/b12-10-/t25-,26-,27-,29-,32+,34+,42-/m1/s1. The Balaban J connectivity index is 1.38. The summed E-state index contributed by atoms with van der Waals surface area (Å²) >= 11 is 0. The fourth-order valence-electron chi connectivity index (χ4n) is 8.63. The van der Waals surface area contributed by atoms with Crippen molar-refractivity contribution in [1.82, 2.24) is 14.6 Å². The van der Waals surface area contributed by atoms with E-state index in [-0.39, 0.29) is 37.6 Å². The van der Waals surface area contributed by atoms with E-state index in [2.05, 4.69) is 9.71 Å². The van der Waals surface area contributed by atoms with Crippen molar-refractivity contribution >= 4 is 44.4 Å². The molecule has 3 heterocycles. The number of alkyl halides is 3. The quantitative estimate of drug-likeness (QED) is 0.175. The number of carbonyl (C=O) groups is 4. The largest absolute Gasteiger partial charge is 0.497 e. The van der Waals surface area contributed by atoms with E-state index in [9.17, 15) is 36.0 Å². The Morgan fingerprint density at radius 2 is 1.80 bits per heavy atom. The number of benzene rings is 1. The van der Waals surface area contributed by atoms with Gasteiger partial charge in [0.2, 0.25) is 33.3 Å². The number of hydrogen-bond donors (Lipinski definition) is 1. The Morgan fingerprint density at radius 3 is 2.45 bits per heavy atom. The topological polar surface area (TPSA) is 167 Å². The minimum Gasteiger partial charge on any atom is -0.497 e. The average molecular weight is 864 g/mol. The SMILES string of the molecule is CCOc1cnc(O[C@@H]2C[C@H]3C(=O)C[C@]4(C(=O)NS(=O)(=O)C5CC5)C[C@H]4/C=C\CC[C@@H](C)C[C@@H](CC)[C@H](CC(=O)OC(C)(C)C(F)(F)F)C(=O)N3C2)c2ccc(OC)cc12. The number of amides is 2. The minimum atomic E-state index is -4.87. The van der Waals surface area contributed by atoms with Crippen LogP contribution in [0.4, 0.5) is 13.2 Å². The Kier molecular flexibility index (Phi) is 13.2. The number of nitrogens with one attached hydrogen (secondary N) is 1. The maximum absolute atomic E-state index is 15.0. The first-order valence-corrected chi connectivity index (χ1v) is 22.4. The number of halogens is 3. The van der Waals surface area contributed by atoms with Crippen LogP contribution in [0.5, 0.6) is 17.4 Å². The zero-order chi connectivity index (χ0) is 43.8. The predicted octanol–water partition coefficient (Wildman–Crippen LogP) is 6.86. The number of carbonyl (C=O) groups excluding carboxylic acids is 4. The molecule has 1 N–H and O–H groups in total. The fraction of sp³-hybridized carbons (Fsp3) is 0.651. The lowest BCUT2D eigenvalue weighted by Gasteiger charge is -2.34. The molecule has 6 rings (SSSR count). The second-order valence-corrected chi connectivity index (χ2v) is 19.3. The van der Waals surface area contributed by atoms with Crippen molar-refractivity contribution in [2.45, 2.75) is 128 Å². The maximum atomic E-state index is 15.0. The molecule has 1 saturated heterocycles. The summed E-state index contributed by atoms with van der Waals surface area (Å²) in [6.07, 6.45) is 1.73. The van der Waals surface area contributed by atoms with Gasteiger partial charge in [0.25, 0.3) is 0 Å². The van der Waals surface area contributed by atoms with Gasteiger partial charge in [0.05, 0.1) is 55.5 Å². The molecular weight excluding hydrogens is 808 g/mol. The van der Waals surface area contributed by atoms with Gasteiger partial charge in [0.15, 0.2) is 5.78 Å². The van der Waals surface area contributed by atoms with Gasteiger partial charge in [-0.15, -0.1) is 0 Å². The second kappa shape index (κ2) is 17.5. The highest BCUT2D eigenvalue weighted by Gasteiger charge is 2.62. The van der Waals surface area contributed by atoms with Gasteiger partial charge >= 0.3 is 12.1 Å². The average Bonchev–Trinajstić information content (AvgIpc) is 4.11. The van der Waals surface area contributed by atoms with Crippen LogP contribution in [0.2, 0.25) is 0 Å². The number of allylic oxidation sites excluding steroid dienone is 2. The number of aromatic nitrogens is 1. The van der Waals surface area contributed by atoms with Gasteiger partial charge in [-0.3, -0.25) is 23.9 Å². The number of fused-ring (bicyclic) bond motifs is 3. The molecule has 3 fully saturated rings. The number of hydrogen-bond acceptors (Lipinski definition) is 11. The molecule has 2 aromatic rings. The van der Waals surface area contributed by atoms with Gasteiger partial charge < -0.3 is 23.8 Å². The summed E-state index contributed by atoms with van der Waals surface area (Å²) in [7, 11) is -2.42. The van der Waals surface area contributed by atoms with E-state index >= 15 is 4.79 Å². The first-order valence-electron chi connectivity index (χ1n) is 20.8. The smallest absolute Gasteiger partial charge is 0.427 e. The van der Waals surface area contributed by atoms with Gasteiger partial charge in [-0.25, -0.2) is 13.4 Å². The number of pyridine rings is 1.